The smallest absolute Gasteiger partial charge is 0.264 e. The number of nitrogens with zero attached hydrogens (tertiary/aromatic N) is 4. The summed E-state index contributed by atoms with van der Waals surface area (Å²) in [7, 11) is 0. The fourth-order valence-corrected chi connectivity index (χ4v) is 2.71. The predicted molar refractivity (Wildman–Crippen MR) is 89.5 cm³/mol. The molecule has 0 aliphatic rings. The van der Waals surface area contributed by atoms with E-state index in [0.717, 1.165) is 11.1 Å². The van der Waals surface area contributed by atoms with Crippen molar-refractivity contribution in [3.63, 3.8) is 0 Å². The fraction of sp³-hybridized carbons (Fsp3) is 0. The molecule has 0 saturated heterocycles. The third-order valence-electron chi connectivity index (χ3n) is 3.65. The minimum Gasteiger partial charge on any atom is -0.268 e. The molecule has 2 aromatic heterocycles. The highest BCUT2D eigenvalue weighted by atomic mass is 35.5. The van der Waals surface area contributed by atoms with Crippen molar-refractivity contribution in [2.75, 3.05) is 0 Å². The van der Waals surface area contributed by atoms with Gasteiger partial charge in [-0.15, -0.1) is 0 Å². The summed E-state index contributed by atoms with van der Waals surface area (Å²) in [6.07, 6.45) is 3.00. The zero-order valence-corrected chi connectivity index (χ0v) is 12.7. The van der Waals surface area contributed by atoms with Crippen molar-refractivity contribution in [2.45, 2.75) is 0 Å². The van der Waals surface area contributed by atoms with Gasteiger partial charge in [0.15, 0.2) is 0 Å². The molecule has 0 amide bonds. The number of pyridine rings is 1. The van der Waals surface area contributed by atoms with Gasteiger partial charge < -0.3 is 0 Å². The molecular formula is C17H11ClN4O. The van der Waals surface area contributed by atoms with Crippen molar-refractivity contribution in [3.8, 4) is 11.5 Å². The quantitative estimate of drug-likeness (QED) is 0.569. The number of hydrogen-bond donors (Lipinski definition) is 0. The van der Waals surface area contributed by atoms with Crippen molar-refractivity contribution < 1.29 is 0 Å². The summed E-state index contributed by atoms with van der Waals surface area (Å²) in [6, 6.07) is 16.5. The minimum atomic E-state index is -0.115. The van der Waals surface area contributed by atoms with E-state index in [1.54, 1.807) is 39.8 Å². The summed E-state index contributed by atoms with van der Waals surface area (Å²) in [5.41, 5.74) is 0.603. The molecule has 0 spiro atoms. The van der Waals surface area contributed by atoms with Crippen molar-refractivity contribution >= 4 is 22.4 Å². The SMILES string of the molecule is O=c1c2ccccc2cc(-n2cncn2)n1-c1ccc(Cl)cc1. The number of aromatic nitrogens is 4. The summed E-state index contributed by atoms with van der Waals surface area (Å²) >= 11 is 5.96. The topological polar surface area (TPSA) is 52.7 Å². The largest absolute Gasteiger partial charge is 0.268 e. The molecular weight excluding hydrogens is 312 g/mol. The van der Waals surface area contributed by atoms with Crippen LogP contribution in [0.4, 0.5) is 0 Å². The lowest BCUT2D eigenvalue weighted by molar-refractivity contribution is 0.796. The van der Waals surface area contributed by atoms with Crippen LogP contribution in [0.2, 0.25) is 5.02 Å². The van der Waals surface area contributed by atoms with E-state index in [-0.39, 0.29) is 5.56 Å². The van der Waals surface area contributed by atoms with Crippen LogP contribution in [0.3, 0.4) is 0 Å². The van der Waals surface area contributed by atoms with Crippen LogP contribution in [0.25, 0.3) is 22.3 Å². The van der Waals surface area contributed by atoms with Crippen LogP contribution in [0, 0.1) is 0 Å². The molecule has 0 radical (unpaired) electrons. The molecule has 0 aliphatic carbocycles. The van der Waals surface area contributed by atoms with E-state index >= 15 is 0 Å². The summed E-state index contributed by atoms with van der Waals surface area (Å²) in [6.45, 7) is 0. The van der Waals surface area contributed by atoms with E-state index in [2.05, 4.69) is 10.1 Å². The standard InChI is InChI=1S/C17H11ClN4O/c18-13-5-7-14(8-6-13)22-16(21-11-19-10-20-21)9-12-3-1-2-4-15(12)17(22)23/h1-11H. The highest BCUT2D eigenvalue weighted by molar-refractivity contribution is 6.30. The van der Waals surface area contributed by atoms with Crippen LogP contribution in [0.1, 0.15) is 0 Å². The Bertz CT molecular complexity index is 1040. The van der Waals surface area contributed by atoms with Crippen LogP contribution in [-0.2, 0) is 0 Å². The van der Waals surface area contributed by atoms with E-state index in [1.807, 2.05) is 30.3 Å². The number of fused-ring (bicyclic) bond motifs is 1. The summed E-state index contributed by atoms with van der Waals surface area (Å²) in [5, 5.41) is 6.27. The number of hydrogen-bond acceptors (Lipinski definition) is 3. The molecule has 0 saturated carbocycles. The molecule has 0 bridgehead atoms. The Morgan fingerprint density at radius 3 is 2.52 bits per heavy atom. The van der Waals surface area contributed by atoms with Crippen molar-refractivity contribution in [1.82, 2.24) is 19.3 Å². The van der Waals surface area contributed by atoms with E-state index in [0.29, 0.717) is 16.2 Å². The van der Waals surface area contributed by atoms with E-state index in [4.69, 9.17) is 11.6 Å². The summed E-state index contributed by atoms with van der Waals surface area (Å²) < 4.78 is 3.18. The molecule has 0 N–H and O–H groups in total. The molecule has 2 aromatic carbocycles. The Hall–Kier alpha value is -2.92. The second-order valence-corrected chi connectivity index (χ2v) is 5.48. The molecule has 0 unspecified atom stereocenters. The molecule has 4 rings (SSSR count). The maximum atomic E-state index is 13.0. The van der Waals surface area contributed by atoms with Crippen LogP contribution < -0.4 is 5.56 Å². The van der Waals surface area contributed by atoms with Crippen LogP contribution in [0.15, 0.2) is 72.0 Å². The zero-order valence-electron chi connectivity index (χ0n) is 11.9. The Balaban J connectivity index is 2.11. The van der Waals surface area contributed by atoms with Crippen molar-refractivity contribution in [1.29, 1.82) is 0 Å². The first-order valence-corrected chi connectivity index (χ1v) is 7.37. The van der Waals surface area contributed by atoms with Crippen molar-refractivity contribution in [3.05, 3.63) is 82.6 Å². The Labute approximate surface area is 136 Å². The Morgan fingerprint density at radius 1 is 1.00 bits per heavy atom. The lowest BCUT2D eigenvalue weighted by Crippen LogP contribution is -2.23. The van der Waals surface area contributed by atoms with Gasteiger partial charge in [-0.1, -0.05) is 29.8 Å². The van der Waals surface area contributed by atoms with E-state index in [9.17, 15) is 4.79 Å². The molecule has 2 heterocycles. The van der Waals surface area contributed by atoms with Gasteiger partial charge in [0.1, 0.15) is 18.5 Å². The van der Waals surface area contributed by atoms with Gasteiger partial charge >= 0.3 is 0 Å². The molecule has 0 aliphatic heterocycles. The van der Waals surface area contributed by atoms with Crippen LogP contribution in [-0.4, -0.2) is 19.3 Å². The molecule has 6 heteroatoms. The molecule has 0 fully saturated rings. The molecule has 5 nitrogen and oxygen atoms in total. The minimum absolute atomic E-state index is 0.115. The second kappa shape index (κ2) is 5.37. The average molecular weight is 323 g/mol. The maximum absolute atomic E-state index is 13.0. The van der Waals surface area contributed by atoms with Gasteiger partial charge in [-0.25, -0.2) is 9.67 Å². The van der Waals surface area contributed by atoms with Gasteiger partial charge in [-0.05, 0) is 41.8 Å². The van der Waals surface area contributed by atoms with Crippen LogP contribution in [0.5, 0.6) is 0 Å². The fourth-order valence-electron chi connectivity index (χ4n) is 2.58. The monoisotopic (exact) mass is 322 g/mol. The van der Waals surface area contributed by atoms with Gasteiger partial charge in [0.2, 0.25) is 0 Å². The second-order valence-electron chi connectivity index (χ2n) is 5.05. The highest BCUT2D eigenvalue weighted by Crippen LogP contribution is 2.19. The summed E-state index contributed by atoms with van der Waals surface area (Å²) in [5.74, 6) is 0.619. The van der Waals surface area contributed by atoms with Gasteiger partial charge in [0.25, 0.3) is 5.56 Å². The summed E-state index contributed by atoms with van der Waals surface area (Å²) in [4.78, 5) is 17.0. The number of halogens is 1. The van der Waals surface area contributed by atoms with E-state index < -0.39 is 0 Å². The predicted octanol–water partition coefficient (Wildman–Crippen LogP) is 3.22. The van der Waals surface area contributed by atoms with Crippen molar-refractivity contribution in [2.24, 2.45) is 0 Å². The Morgan fingerprint density at radius 2 is 1.78 bits per heavy atom. The normalized spacial score (nSPS) is 11.0. The Kier molecular flexibility index (Phi) is 3.20. The first-order valence-electron chi connectivity index (χ1n) is 7.00. The molecule has 4 aromatic rings. The zero-order chi connectivity index (χ0) is 15.8. The lowest BCUT2D eigenvalue weighted by Gasteiger charge is -2.14. The molecule has 0 atom stereocenters. The number of rotatable bonds is 2. The third kappa shape index (κ3) is 2.31. The first-order chi connectivity index (χ1) is 11.2. The average Bonchev–Trinajstić information content (AvgIpc) is 3.10. The van der Waals surface area contributed by atoms with Gasteiger partial charge in [-0.2, -0.15) is 5.10 Å². The lowest BCUT2D eigenvalue weighted by atomic mass is 10.1. The van der Waals surface area contributed by atoms with Crippen LogP contribution >= 0.6 is 11.6 Å². The van der Waals surface area contributed by atoms with E-state index in [1.165, 1.54) is 6.33 Å². The number of benzene rings is 2. The van der Waals surface area contributed by atoms with Gasteiger partial charge in [0, 0.05) is 10.4 Å². The molecule has 23 heavy (non-hydrogen) atoms. The third-order valence-corrected chi connectivity index (χ3v) is 3.90. The molecule has 112 valence electrons. The van der Waals surface area contributed by atoms with Gasteiger partial charge in [-0.3, -0.25) is 9.36 Å². The first kappa shape index (κ1) is 13.7. The highest BCUT2D eigenvalue weighted by Gasteiger charge is 2.13. The maximum Gasteiger partial charge on any atom is 0.264 e. The van der Waals surface area contributed by atoms with Gasteiger partial charge in [0.05, 0.1) is 5.69 Å².